The first kappa shape index (κ1) is 28.5. The van der Waals surface area contributed by atoms with E-state index in [2.05, 4.69) is 25.1 Å². The molecule has 0 heterocycles. The van der Waals surface area contributed by atoms with Crippen LogP contribution in [0.2, 0.25) is 0 Å². The Morgan fingerprint density at radius 2 is 1.72 bits per heavy atom. The Morgan fingerprint density at radius 1 is 1.03 bits per heavy atom. The van der Waals surface area contributed by atoms with Crippen LogP contribution in [0.4, 0.5) is 5.69 Å². The molecule has 0 radical (unpaired) electrons. The van der Waals surface area contributed by atoms with E-state index in [1.807, 2.05) is 25.1 Å². The number of benzene rings is 2. The van der Waals surface area contributed by atoms with E-state index >= 15 is 0 Å². The van der Waals surface area contributed by atoms with Crippen LogP contribution in [0.25, 0.3) is 11.1 Å². The summed E-state index contributed by atoms with van der Waals surface area (Å²) in [5, 5.41) is 15.9. The normalized spacial score (nSPS) is 22.1. The van der Waals surface area contributed by atoms with Crippen LogP contribution in [0.1, 0.15) is 95.8 Å². The molecule has 4 rings (SSSR count). The first-order chi connectivity index (χ1) is 18.7. The monoisotopic (exact) mass is 534 g/mol. The number of hydrogen-bond donors (Lipinski definition) is 0. The molecule has 2 aliphatic carbocycles. The molecule has 2 aliphatic rings. The Labute approximate surface area is 229 Å². The maximum absolute atomic E-state index is 12.7. The summed E-state index contributed by atoms with van der Waals surface area (Å²) in [5.41, 5.74) is 5.27. The van der Waals surface area contributed by atoms with Crippen LogP contribution in [0.15, 0.2) is 41.6 Å². The molecule has 0 bridgehead atoms. The van der Waals surface area contributed by atoms with Crippen molar-refractivity contribution in [1.82, 2.24) is 0 Å². The van der Waals surface area contributed by atoms with Gasteiger partial charge in [0.1, 0.15) is 0 Å². The van der Waals surface area contributed by atoms with Gasteiger partial charge in [-0.25, -0.2) is 4.79 Å². The number of nitro benzene ring substituents is 1. The van der Waals surface area contributed by atoms with E-state index in [9.17, 15) is 19.7 Å². The smallest absolute Gasteiger partial charge is 0.334 e. The fourth-order valence-electron chi connectivity index (χ4n) is 6.15. The summed E-state index contributed by atoms with van der Waals surface area (Å²) in [5.74, 6) is -0.873. The first-order valence-electron chi connectivity index (χ1n) is 14.1. The van der Waals surface area contributed by atoms with E-state index < -0.39 is 11.4 Å². The quantitative estimate of drug-likeness (QED) is 0.106. The zero-order valence-corrected chi connectivity index (χ0v) is 23.3. The minimum Gasteiger partial charge on any atom is -0.465 e. The van der Waals surface area contributed by atoms with Crippen LogP contribution in [0, 0.1) is 22.0 Å². The molecule has 208 valence electrons. The number of ether oxygens (including phenoxy) is 1. The fourth-order valence-corrected chi connectivity index (χ4v) is 6.15. The predicted molar refractivity (Wildman–Crippen MR) is 150 cm³/mol. The molecular weight excluding hydrogens is 496 g/mol. The summed E-state index contributed by atoms with van der Waals surface area (Å²) in [6.07, 6.45) is 5.75. The van der Waals surface area contributed by atoms with Crippen LogP contribution < -0.4 is 0 Å². The Hall–Kier alpha value is -3.55. The summed E-state index contributed by atoms with van der Waals surface area (Å²) >= 11 is 0. The highest BCUT2D eigenvalue weighted by atomic mass is 16.7. The molecule has 3 unspecified atom stereocenters. The molecule has 2 aromatic carbocycles. The SMILES string of the molecule is CCCOC(=O)C1CCCC(/C(=N/OC(=O)CC)c2ccc3c(c2)C(C)(CCC)c2cc([N+](=O)[O-])ccc2-3)C1. The lowest BCUT2D eigenvalue weighted by molar-refractivity contribution is -0.384. The standard InChI is InChI=1S/C31H38N2O6/c1-5-15-31(4)26-18-21(11-13-24(26)25-14-12-23(33(36)37)19-27(25)31)29(32-39-28(34)7-3)20-9-8-10-22(17-20)30(35)38-16-6-2/h11-14,18-20,22H,5-10,15-17H2,1-4H3/b32-29-. The molecule has 0 aliphatic heterocycles. The third kappa shape index (κ3) is 5.75. The molecule has 1 fully saturated rings. The van der Waals surface area contributed by atoms with Crippen molar-refractivity contribution in [2.75, 3.05) is 6.61 Å². The number of oxime groups is 1. The lowest BCUT2D eigenvalue weighted by Crippen LogP contribution is -2.30. The van der Waals surface area contributed by atoms with Crippen molar-refractivity contribution < 1.29 is 24.1 Å². The summed E-state index contributed by atoms with van der Waals surface area (Å²) in [4.78, 5) is 41.3. The van der Waals surface area contributed by atoms with Gasteiger partial charge in [0.25, 0.3) is 5.69 Å². The van der Waals surface area contributed by atoms with Crippen LogP contribution in [0.5, 0.6) is 0 Å². The molecule has 0 saturated heterocycles. The Bertz CT molecular complexity index is 1290. The Kier molecular flexibility index (Phi) is 8.83. The van der Waals surface area contributed by atoms with Crippen molar-refractivity contribution in [3.63, 3.8) is 0 Å². The maximum Gasteiger partial charge on any atom is 0.334 e. The van der Waals surface area contributed by atoms with E-state index in [4.69, 9.17) is 9.57 Å². The number of esters is 1. The van der Waals surface area contributed by atoms with Crippen molar-refractivity contribution in [3.05, 3.63) is 63.2 Å². The number of carbonyl (C=O) groups is 2. The molecule has 0 N–H and O–H groups in total. The molecule has 0 amide bonds. The van der Waals surface area contributed by atoms with Gasteiger partial charge in [-0.3, -0.25) is 14.9 Å². The second kappa shape index (κ2) is 12.1. The van der Waals surface area contributed by atoms with Gasteiger partial charge >= 0.3 is 11.9 Å². The molecular formula is C31H38N2O6. The van der Waals surface area contributed by atoms with Crippen LogP contribution in [-0.4, -0.2) is 29.2 Å². The molecule has 39 heavy (non-hydrogen) atoms. The summed E-state index contributed by atoms with van der Waals surface area (Å²) in [6, 6.07) is 11.2. The lowest BCUT2D eigenvalue weighted by Gasteiger charge is -2.30. The van der Waals surface area contributed by atoms with Crippen LogP contribution in [-0.2, 0) is 24.6 Å². The van der Waals surface area contributed by atoms with Crippen molar-refractivity contribution in [2.45, 2.75) is 84.5 Å². The second-order valence-corrected chi connectivity index (χ2v) is 10.9. The fraction of sp³-hybridized carbons (Fsp3) is 0.516. The average Bonchev–Trinajstić information content (AvgIpc) is 3.19. The minimum absolute atomic E-state index is 0.0667. The maximum atomic E-state index is 12.7. The third-order valence-electron chi connectivity index (χ3n) is 8.14. The summed E-state index contributed by atoms with van der Waals surface area (Å²) < 4.78 is 5.44. The van der Waals surface area contributed by atoms with Gasteiger partial charge in [-0.2, -0.15) is 0 Å². The van der Waals surface area contributed by atoms with Gasteiger partial charge in [0.2, 0.25) is 0 Å². The highest BCUT2D eigenvalue weighted by Gasteiger charge is 2.40. The van der Waals surface area contributed by atoms with E-state index in [-0.39, 0.29) is 34.8 Å². The van der Waals surface area contributed by atoms with E-state index in [1.165, 1.54) is 0 Å². The number of rotatable bonds is 10. The van der Waals surface area contributed by atoms with Crippen molar-refractivity contribution in [3.8, 4) is 11.1 Å². The third-order valence-corrected chi connectivity index (χ3v) is 8.14. The predicted octanol–water partition coefficient (Wildman–Crippen LogP) is 7.10. The topological polar surface area (TPSA) is 108 Å². The number of nitro groups is 1. The van der Waals surface area contributed by atoms with E-state index in [1.54, 1.807) is 19.1 Å². The second-order valence-electron chi connectivity index (χ2n) is 10.9. The van der Waals surface area contributed by atoms with E-state index in [0.29, 0.717) is 18.7 Å². The van der Waals surface area contributed by atoms with Gasteiger partial charge in [-0.1, -0.05) is 57.8 Å². The molecule has 1 saturated carbocycles. The largest absolute Gasteiger partial charge is 0.465 e. The summed E-state index contributed by atoms with van der Waals surface area (Å²) in [6.45, 7) is 8.36. The Balaban J connectivity index is 1.75. The minimum atomic E-state index is -0.418. The van der Waals surface area contributed by atoms with Crippen LogP contribution >= 0.6 is 0 Å². The molecule has 0 aromatic heterocycles. The van der Waals surface area contributed by atoms with Gasteiger partial charge in [0.05, 0.1) is 23.2 Å². The summed E-state index contributed by atoms with van der Waals surface area (Å²) in [7, 11) is 0. The zero-order valence-electron chi connectivity index (χ0n) is 23.3. The lowest BCUT2D eigenvalue weighted by atomic mass is 9.74. The molecule has 3 atom stereocenters. The van der Waals surface area contributed by atoms with Gasteiger partial charge in [0.15, 0.2) is 0 Å². The first-order valence-corrected chi connectivity index (χ1v) is 14.1. The van der Waals surface area contributed by atoms with Gasteiger partial charge in [-0.05, 0) is 72.1 Å². The van der Waals surface area contributed by atoms with Gasteiger partial charge in [0, 0.05) is 29.9 Å². The van der Waals surface area contributed by atoms with Crippen molar-refractivity contribution in [2.24, 2.45) is 17.0 Å². The van der Waals surface area contributed by atoms with Crippen molar-refractivity contribution >= 4 is 23.3 Å². The van der Waals surface area contributed by atoms with Gasteiger partial charge < -0.3 is 9.57 Å². The average molecular weight is 535 g/mol. The molecule has 8 nitrogen and oxygen atoms in total. The number of nitrogens with zero attached hydrogens (tertiary/aromatic N) is 2. The number of hydrogen-bond acceptors (Lipinski definition) is 7. The molecule has 8 heteroatoms. The van der Waals surface area contributed by atoms with Gasteiger partial charge in [-0.15, -0.1) is 0 Å². The number of carbonyl (C=O) groups excluding carboxylic acids is 2. The highest BCUT2D eigenvalue weighted by molar-refractivity contribution is 6.03. The highest BCUT2D eigenvalue weighted by Crippen LogP contribution is 2.52. The van der Waals surface area contributed by atoms with E-state index in [0.717, 1.165) is 66.3 Å². The van der Waals surface area contributed by atoms with Crippen LogP contribution in [0.3, 0.4) is 0 Å². The molecule has 2 aromatic rings. The Morgan fingerprint density at radius 3 is 2.38 bits per heavy atom. The zero-order chi connectivity index (χ0) is 28.2. The number of non-ortho nitro benzene ring substituents is 1. The van der Waals surface area contributed by atoms with Crippen molar-refractivity contribution in [1.29, 1.82) is 0 Å². The molecule has 0 spiro atoms. The number of fused-ring (bicyclic) bond motifs is 3.